The summed E-state index contributed by atoms with van der Waals surface area (Å²) in [5, 5.41) is 13.4. The first-order chi connectivity index (χ1) is 14.7. The zero-order valence-electron chi connectivity index (χ0n) is 17.8. The van der Waals surface area contributed by atoms with Gasteiger partial charge in [0, 0.05) is 16.9 Å². The fraction of sp³-hybridized carbons (Fsp3) is 0.280. The molecule has 31 heavy (non-hydrogen) atoms. The summed E-state index contributed by atoms with van der Waals surface area (Å²) in [6.45, 7) is 5.88. The molecule has 1 aliphatic heterocycles. The van der Waals surface area contributed by atoms with Gasteiger partial charge >= 0.3 is 0 Å². The van der Waals surface area contributed by atoms with Gasteiger partial charge in [-0.15, -0.1) is 0 Å². The minimum Gasteiger partial charge on any atom is -0.384 e. The molecule has 2 N–H and O–H groups in total. The topological polar surface area (TPSA) is 71.5 Å². The smallest absolute Gasteiger partial charge is 0.239 e. The lowest BCUT2D eigenvalue weighted by Crippen LogP contribution is -2.55. The summed E-state index contributed by atoms with van der Waals surface area (Å²) in [7, 11) is 0. The van der Waals surface area contributed by atoms with Gasteiger partial charge in [-0.05, 0) is 62.2 Å². The van der Waals surface area contributed by atoms with Crippen molar-refractivity contribution in [2.75, 3.05) is 18.5 Å². The third-order valence-electron chi connectivity index (χ3n) is 5.60. The van der Waals surface area contributed by atoms with Crippen molar-refractivity contribution in [3.63, 3.8) is 0 Å². The number of pyridine rings is 1. The zero-order valence-corrected chi connectivity index (χ0v) is 17.8. The number of ether oxygens (including phenoxy) is 1. The highest BCUT2D eigenvalue weighted by atomic mass is 19.1. The molecule has 0 radical (unpaired) electrons. The fourth-order valence-corrected chi connectivity index (χ4v) is 3.74. The second-order valence-corrected chi connectivity index (χ2v) is 8.52. The van der Waals surface area contributed by atoms with Crippen LogP contribution >= 0.6 is 0 Å². The molecule has 5 nitrogen and oxygen atoms in total. The average molecular weight is 420 g/mol. The van der Waals surface area contributed by atoms with Crippen LogP contribution in [0.3, 0.4) is 0 Å². The van der Waals surface area contributed by atoms with Crippen LogP contribution in [0.5, 0.6) is 0 Å². The van der Waals surface area contributed by atoms with Crippen molar-refractivity contribution in [3.8, 4) is 11.1 Å². The Labute approximate surface area is 180 Å². The largest absolute Gasteiger partial charge is 0.384 e. The Kier molecular flexibility index (Phi) is 5.37. The Morgan fingerprint density at radius 1 is 1.06 bits per heavy atom. The van der Waals surface area contributed by atoms with Crippen molar-refractivity contribution < 1.29 is 19.0 Å². The summed E-state index contributed by atoms with van der Waals surface area (Å²) in [6.07, 6.45) is 0. The molecule has 2 aromatic carbocycles. The van der Waals surface area contributed by atoms with E-state index in [1.54, 1.807) is 13.8 Å². The van der Waals surface area contributed by atoms with Gasteiger partial charge in [-0.3, -0.25) is 9.78 Å². The van der Waals surface area contributed by atoms with Crippen LogP contribution < -0.4 is 5.32 Å². The maximum atomic E-state index is 13.1. The lowest BCUT2D eigenvalue weighted by molar-refractivity contribution is -0.139. The standard InChI is InChI=1S/C25H25FN2O3/c1-16-4-13-21(22(27-16)24(2,3)30)17-5-7-18(8-6-17)25(14-31-15-25)23(29)28-20-11-9-19(26)10-12-20/h4-13,30H,14-15H2,1-3H3,(H,28,29). The van der Waals surface area contributed by atoms with E-state index in [1.807, 2.05) is 43.3 Å². The Morgan fingerprint density at radius 3 is 2.26 bits per heavy atom. The second-order valence-electron chi connectivity index (χ2n) is 8.52. The van der Waals surface area contributed by atoms with Crippen molar-refractivity contribution in [2.45, 2.75) is 31.8 Å². The SMILES string of the molecule is Cc1ccc(-c2ccc(C3(C(=O)Nc4ccc(F)cc4)COC3)cc2)c(C(C)(C)O)n1. The van der Waals surface area contributed by atoms with E-state index in [-0.39, 0.29) is 24.9 Å². The molecule has 0 aliphatic carbocycles. The van der Waals surface area contributed by atoms with Crippen LogP contribution in [-0.2, 0) is 20.5 Å². The molecule has 1 saturated heterocycles. The maximum absolute atomic E-state index is 13.1. The molecule has 1 aromatic heterocycles. The Morgan fingerprint density at radius 2 is 1.71 bits per heavy atom. The number of aliphatic hydroxyl groups is 1. The first-order valence-corrected chi connectivity index (χ1v) is 10.2. The van der Waals surface area contributed by atoms with Crippen molar-refractivity contribution >= 4 is 11.6 Å². The minimum atomic E-state index is -1.09. The zero-order chi connectivity index (χ0) is 22.2. The predicted octanol–water partition coefficient (Wildman–Crippen LogP) is 4.33. The van der Waals surface area contributed by atoms with Gasteiger partial charge in [0.05, 0.1) is 18.9 Å². The summed E-state index contributed by atoms with van der Waals surface area (Å²) >= 11 is 0. The number of hydrogen-bond acceptors (Lipinski definition) is 4. The van der Waals surface area contributed by atoms with Gasteiger partial charge < -0.3 is 15.2 Å². The molecule has 0 unspecified atom stereocenters. The van der Waals surface area contributed by atoms with Crippen LogP contribution in [0, 0.1) is 12.7 Å². The summed E-state index contributed by atoms with van der Waals surface area (Å²) in [6, 6.07) is 17.2. The number of nitrogens with one attached hydrogen (secondary N) is 1. The first kappa shape index (κ1) is 21.2. The number of rotatable bonds is 5. The van der Waals surface area contributed by atoms with Gasteiger partial charge in [0.1, 0.15) is 16.8 Å². The number of carbonyl (C=O) groups excluding carboxylic acids is 1. The predicted molar refractivity (Wildman–Crippen MR) is 117 cm³/mol. The second kappa shape index (κ2) is 7.87. The van der Waals surface area contributed by atoms with E-state index in [9.17, 15) is 14.3 Å². The third kappa shape index (κ3) is 4.09. The number of carbonyl (C=O) groups is 1. The molecular formula is C25H25FN2O3. The molecule has 2 heterocycles. The summed E-state index contributed by atoms with van der Waals surface area (Å²) in [5.74, 6) is -0.543. The molecule has 0 atom stereocenters. The number of benzene rings is 2. The quantitative estimate of drug-likeness (QED) is 0.645. The van der Waals surface area contributed by atoms with Gasteiger partial charge in [0.25, 0.3) is 0 Å². The number of amides is 1. The molecule has 0 saturated carbocycles. The van der Waals surface area contributed by atoms with Crippen LogP contribution in [0.25, 0.3) is 11.1 Å². The van der Waals surface area contributed by atoms with Crippen LogP contribution in [0.15, 0.2) is 60.7 Å². The molecule has 4 rings (SSSR count). The van der Waals surface area contributed by atoms with E-state index < -0.39 is 11.0 Å². The number of nitrogens with zero attached hydrogens (tertiary/aromatic N) is 1. The Hall–Kier alpha value is -3.09. The Balaban J connectivity index is 1.63. The van der Waals surface area contributed by atoms with Crippen LogP contribution in [0.4, 0.5) is 10.1 Å². The Bertz CT molecular complexity index is 1100. The van der Waals surface area contributed by atoms with Gasteiger partial charge in [0.2, 0.25) is 5.91 Å². The lowest BCUT2D eigenvalue weighted by atomic mass is 9.77. The third-order valence-corrected chi connectivity index (χ3v) is 5.60. The highest BCUT2D eigenvalue weighted by Gasteiger charge is 2.47. The fourth-order valence-electron chi connectivity index (χ4n) is 3.74. The van der Waals surface area contributed by atoms with Crippen LogP contribution in [0.1, 0.15) is 30.8 Å². The first-order valence-electron chi connectivity index (χ1n) is 10.2. The highest BCUT2D eigenvalue weighted by molar-refractivity contribution is 6.00. The number of halogens is 1. The van der Waals surface area contributed by atoms with Gasteiger partial charge in [-0.25, -0.2) is 4.39 Å². The molecule has 1 aliphatic rings. The van der Waals surface area contributed by atoms with Crippen molar-refractivity contribution in [1.29, 1.82) is 0 Å². The van der Waals surface area contributed by atoms with Crippen molar-refractivity contribution in [2.24, 2.45) is 0 Å². The van der Waals surface area contributed by atoms with E-state index >= 15 is 0 Å². The summed E-state index contributed by atoms with van der Waals surface area (Å²) in [4.78, 5) is 17.6. The lowest BCUT2D eigenvalue weighted by Gasteiger charge is -2.40. The molecular weight excluding hydrogens is 395 g/mol. The van der Waals surface area contributed by atoms with Crippen LogP contribution in [0.2, 0.25) is 0 Å². The number of aryl methyl sites for hydroxylation is 1. The number of anilines is 1. The normalized spacial score (nSPS) is 15.3. The number of aromatic nitrogens is 1. The van der Waals surface area contributed by atoms with Gasteiger partial charge in [-0.2, -0.15) is 0 Å². The monoisotopic (exact) mass is 420 g/mol. The van der Waals surface area contributed by atoms with Gasteiger partial charge in [-0.1, -0.05) is 30.3 Å². The number of hydrogen-bond donors (Lipinski definition) is 2. The molecule has 1 fully saturated rings. The van der Waals surface area contributed by atoms with E-state index in [0.29, 0.717) is 11.4 Å². The highest BCUT2D eigenvalue weighted by Crippen LogP contribution is 2.36. The van der Waals surface area contributed by atoms with E-state index in [1.165, 1.54) is 24.3 Å². The summed E-state index contributed by atoms with van der Waals surface area (Å²) < 4.78 is 18.5. The molecule has 160 valence electrons. The molecule has 0 spiro atoms. The maximum Gasteiger partial charge on any atom is 0.239 e. The molecule has 3 aromatic rings. The summed E-state index contributed by atoms with van der Waals surface area (Å²) in [5.41, 5.74) is 2.69. The minimum absolute atomic E-state index is 0.188. The molecule has 0 bridgehead atoms. The van der Waals surface area contributed by atoms with Crippen LogP contribution in [-0.4, -0.2) is 29.2 Å². The van der Waals surface area contributed by atoms with Crippen molar-refractivity contribution in [3.05, 3.63) is 83.4 Å². The van der Waals surface area contributed by atoms with E-state index in [0.717, 1.165) is 22.4 Å². The molecule has 6 heteroatoms. The molecule has 1 amide bonds. The van der Waals surface area contributed by atoms with E-state index in [4.69, 9.17) is 4.74 Å². The van der Waals surface area contributed by atoms with Gasteiger partial charge in [0.15, 0.2) is 0 Å². The average Bonchev–Trinajstić information content (AvgIpc) is 2.69. The van der Waals surface area contributed by atoms with E-state index in [2.05, 4.69) is 10.3 Å². The van der Waals surface area contributed by atoms with Crippen molar-refractivity contribution in [1.82, 2.24) is 4.98 Å².